The minimum absolute atomic E-state index is 0.213. The van der Waals surface area contributed by atoms with Crippen molar-refractivity contribution in [1.29, 1.82) is 0 Å². The van der Waals surface area contributed by atoms with Gasteiger partial charge in [0.15, 0.2) is 0 Å². The Labute approximate surface area is 125 Å². The number of carbonyl (C=O) groups is 1. The first-order valence-corrected chi connectivity index (χ1v) is 7.62. The van der Waals surface area contributed by atoms with Gasteiger partial charge in [-0.25, -0.2) is 4.79 Å². The number of hydrogen-bond acceptors (Lipinski definition) is 4. The molecule has 1 aromatic rings. The number of carboxylic acids is 1. The standard InChI is InChI=1S/C16H24N2O3/c1-2-18-10-5-6-13(18)12-17-9-11-21-15-8-4-3-7-14(15)16(19)20/h3-4,7-8,13,17H,2,5-6,9-12H2,1H3,(H,19,20). The largest absolute Gasteiger partial charge is 0.491 e. The molecule has 2 rings (SSSR count). The van der Waals surface area contributed by atoms with Crippen LogP contribution in [0.1, 0.15) is 30.1 Å². The van der Waals surface area contributed by atoms with Gasteiger partial charge in [0.05, 0.1) is 0 Å². The van der Waals surface area contributed by atoms with Crippen LogP contribution in [0.15, 0.2) is 24.3 Å². The molecule has 5 nitrogen and oxygen atoms in total. The summed E-state index contributed by atoms with van der Waals surface area (Å²) in [4.78, 5) is 13.5. The molecule has 1 fully saturated rings. The van der Waals surface area contributed by atoms with Crippen molar-refractivity contribution < 1.29 is 14.6 Å². The summed E-state index contributed by atoms with van der Waals surface area (Å²) in [6.45, 7) is 6.67. The number of ether oxygens (including phenoxy) is 1. The fraction of sp³-hybridized carbons (Fsp3) is 0.562. The zero-order chi connectivity index (χ0) is 15.1. The van der Waals surface area contributed by atoms with Crippen LogP contribution in [0, 0.1) is 0 Å². The third kappa shape index (κ3) is 4.44. The molecule has 0 amide bonds. The lowest BCUT2D eigenvalue weighted by molar-refractivity contribution is 0.0692. The van der Waals surface area contributed by atoms with Gasteiger partial charge in [0.1, 0.15) is 17.9 Å². The van der Waals surface area contributed by atoms with Crippen LogP contribution in [0.2, 0.25) is 0 Å². The molecule has 1 aliphatic rings. The second kappa shape index (κ2) is 8.00. The predicted molar refractivity (Wildman–Crippen MR) is 82.0 cm³/mol. The summed E-state index contributed by atoms with van der Waals surface area (Å²) in [5.74, 6) is -0.522. The van der Waals surface area contributed by atoms with E-state index in [4.69, 9.17) is 9.84 Å². The van der Waals surface area contributed by atoms with E-state index in [1.165, 1.54) is 19.4 Å². The van der Waals surface area contributed by atoms with Gasteiger partial charge in [0.2, 0.25) is 0 Å². The fourth-order valence-corrected chi connectivity index (χ4v) is 2.81. The van der Waals surface area contributed by atoms with Gasteiger partial charge in [0, 0.05) is 19.1 Å². The SMILES string of the molecule is CCN1CCCC1CNCCOc1ccccc1C(=O)O. The van der Waals surface area contributed by atoms with Crippen molar-refractivity contribution in [3.05, 3.63) is 29.8 Å². The van der Waals surface area contributed by atoms with E-state index in [9.17, 15) is 4.79 Å². The van der Waals surface area contributed by atoms with Crippen molar-refractivity contribution in [3.8, 4) is 5.75 Å². The average molecular weight is 292 g/mol. The van der Waals surface area contributed by atoms with Crippen molar-refractivity contribution in [3.63, 3.8) is 0 Å². The Morgan fingerprint density at radius 2 is 2.29 bits per heavy atom. The molecular weight excluding hydrogens is 268 g/mol. The van der Waals surface area contributed by atoms with E-state index in [0.29, 0.717) is 18.4 Å². The maximum Gasteiger partial charge on any atom is 0.339 e. The topological polar surface area (TPSA) is 61.8 Å². The molecule has 0 radical (unpaired) electrons. The maximum absolute atomic E-state index is 11.1. The molecule has 0 aromatic heterocycles. The molecule has 1 aromatic carbocycles. The molecule has 0 spiro atoms. The van der Waals surface area contributed by atoms with E-state index < -0.39 is 5.97 Å². The zero-order valence-corrected chi connectivity index (χ0v) is 12.5. The highest BCUT2D eigenvalue weighted by Gasteiger charge is 2.21. The molecule has 116 valence electrons. The average Bonchev–Trinajstić information content (AvgIpc) is 2.94. The van der Waals surface area contributed by atoms with E-state index in [-0.39, 0.29) is 5.56 Å². The van der Waals surface area contributed by atoms with Crippen LogP contribution >= 0.6 is 0 Å². The van der Waals surface area contributed by atoms with Crippen molar-refractivity contribution in [2.45, 2.75) is 25.8 Å². The predicted octanol–water partition coefficient (Wildman–Crippen LogP) is 1.84. The number of rotatable bonds is 8. The molecule has 21 heavy (non-hydrogen) atoms. The summed E-state index contributed by atoms with van der Waals surface area (Å²) < 4.78 is 5.56. The molecule has 0 saturated carbocycles. The Morgan fingerprint density at radius 1 is 1.48 bits per heavy atom. The molecule has 1 aliphatic heterocycles. The molecule has 5 heteroatoms. The maximum atomic E-state index is 11.1. The van der Waals surface area contributed by atoms with Crippen LogP contribution in [0.5, 0.6) is 5.75 Å². The lowest BCUT2D eigenvalue weighted by atomic mass is 10.2. The van der Waals surface area contributed by atoms with E-state index >= 15 is 0 Å². The molecule has 1 saturated heterocycles. The fourth-order valence-electron chi connectivity index (χ4n) is 2.81. The Hall–Kier alpha value is -1.59. The van der Waals surface area contributed by atoms with E-state index in [2.05, 4.69) is 17.1 Å². The number of para-hydroxylation sites is 1. The molecule has 2 N–H and O–H groups in total. The highest BCUT2D eigenvalue weighted by Crippen LogP contribution is 2.17. The van der Waals surface area contributed by atoms with Gasteiger partial charge < -0.3 is 15.2 Å². The van der Waals surface area contributed by atoms with Gasteiger partial charge in [0.25, 0.3) is 0 Å². The van der Waals surface area contributed by atoms with Gasteiger partial charge in [-0.1, -0.05) is 19.1 Å². The lowest BCUT2D eigenvalue weighted by Crippen LogP contribution is -2.38. The first kappa shape index (κ1) is 15.8. The van der Waals surface area contributed by atoms with Crippen molar-refractivity contribution in [2.24, 2.45) is 0 Å². The van der Waals surface area contributed by atoms with Crippen LogP contribution in [0.3, 0.4) is 0 Å². The smallest absolute Gasteiger partial charge is 0.339 e. The van der Waals surface area contributed by atoms with Crippen molar-refractivity contribution >= 4 is 5.97 Å². The van der Waals surface area contributed by atoms with Crippen LogP contribution in [-0.2, 0) is 0 Å². The second-order valence-electron chi connectivity index (χ2n) is 5.28. The molecular formula is C16H24N2O3. The van der Waals surface area contributed by atoms with Gasteiger partial charge in [-0.3, -0.25) is 4.90 Å². The van der Waals surface area contributed by atoms with Crippen molar-refractivity contribution in [2.75, 3.05) is 32.8 Å². The Bertz CT molecular complexity index is 465. The monoisotopic (exact) mass is 292 g/mol. The number of likely N-dealkylation sites (tertiary alicyclic amines) is 1. The highest BCUT2D eigenvalue weighted by molar-refractivity contribution is 5.90. The van der Waals surface area contributed by atoms with E-state index in [1.54, 1.807) is 24.3 Å². The summed E-state index contributed by atoms with van der Waals surface area (Å²) in [5, 5.41) is 12.5. The van der Waals surface area contributed by atoms with Gasteiger partial charge in [-0.2, -0.15) is 0 Å². The van der Waals surface area contributed by atoms with Crippen LogP contribution in [0.25, 0.3) is 0 Å². The van der Waals surface area contributed by atoms with E-state index in [1.807, 2.05) is 0 Å². The van der Waals surface area contributed by atoms with Crippen LogP contribution in [-0.4, -0.2) is 54.8 Å². The van der Waals surface area contributed by atoms with E-state index in [0.717, 1.165) is 19.6 Å². The first-order chi connectivity index (χ1) is 10.2. The summed E-state index contributed by atoms with van der Waals surface area (Å²) >= 11 is 0. The quantitative estimate of drug-likeness (QED) is 0.716. The lowest BCUT2D eigenvalue weighted by Gasteiger charge is -2.23. The summed E-state index contributed by atoms with van der Waals surface area (Å²) in [7, 11) is 0. The number of aromatic carboxylic acids is 1. The Kier molecular flexibility index (Phi) is 6.02. The minimum Gasteiger partial charge on any atom is -0.491 e. The highest BCUT2D eigenvalue weighted by atomic mass is 16.5. The summed E-state index contributed by atoms with van der Waals surface area (Å²) in [5.41, 5.74) is 0.213. The summed E-state index contributed by atoms with van der Waals surface area (Å²) in [6, 6.07) is 7.37. The van der Waals surface area contributed by atoms with Crippen LogP contribution < -0.4 is 10.1 Å². The zero-order valence-electron chi connectivity index (χ0n) is 12.5. The Balaban J connectivity index is 1.69. The number of nitrogens with one attached hydrogen (secondary N) is 1. The summed E-state index contributed by atoms with van der Waals surface area (Å²) in [6.07, 6.45) is 2.53. The first-order valence-electron chi connectivity index (χ1n) is 7.62. The number of likely N-dealkylation sites (N-methyl/N-ethyl adjacent to an activating group) is 1. The van der Waals surface area contributed by atoms with Gasteiger partial charge >= 0.3 is 5.97 Å². The van der Waals surface area contributed by atoms with Gasteiger partial charge in [-0.15, -0.1) is 0 Å². The van der Waals surface area contributed by atoms with Crippen molar-refractivity contribution in [1.82, 2.24) is 10.2 Å². The molecule has 1 heterocycles. The van der Waals surface area contributed by atoms with Crippen LogP contribution in [0.4, 0.5) is 0 Å². The second-order valence-corrected chi connectivity index (χ2v) is 5.28. The minimum atomic E-state index is -0.955. The normalized spacial score (nSPS) is 18.8. The number of carboxylic acid groups (broad SMARTS) is 1. The van der Waals surface area contributed by atoms with Gasteiger partial charge in [-0.05, 0) is 38.1 Å². The number of benzene rings is 1. The Morgan fingerprint density at radius 3 is 3.05 bits per heavy atom. The molecule has 0 aliphatic carbocycles. The third-order valence-corrected chi connectivity index (χ3v) is 3.94. The third-order valence-electron chi connectivity index (χ3n) is 3.94. The number of hydrogen-bond donors (Lipinski definition) is 2. The molecule has 1 unspecified atom stereocenters. The molecule has 1 atom stereocenters. The number of nitrogens with zero attached hydrogens (tertiary/aromatic N) is 1. The molecule has 0 bridgehead atoms.